The van der Waals surface area contributed by atoms with E-state index in [2.05, 4.69) is 10.2 Å². The highest BCUT2D eigenvalue weighted by Crippen LogP contribution is 2.18. The molecule has 0 aliphatic rings. The molecule has 2 N–H and O–H groups in total. The summed E-state index contributed by atoms with van der Waals surface area (Å²) < 4.78 is 0. The molecular weight excluding hydrogens is 204 g/mol. The number of aliphatic carboxylic acids is 1. The third-order valence-corrected chi connectivity index (χ3v) is 2.32. The minimum Gasteiger partial charge on any atom is -0.481 e. The molecule has 1 aromatic heterocycles. The number of rotatable bonds is 3. The number of H-pyrrole nitrogens is 1. The molecule has 2 rings (SSSR count). The fraction of sp³-hybridized carbons (Fsp3) is 0.167. The van der Waals surface area contributed by atoms with Crippen molar-refractivity contribution < 1.29 is 9.90 Å². The topological polar surface area (TPSA) is 66.0 Å². The highest BCUT2D eigenvalue weighted by Gasteiger charge is 2.06. The average molecular weight is 216 g/mol. The second-order valence-electron chi connectivity index (χ2n) is 3.71. The van der Waals surface area contributed by atoms with Crippen LogP contribution in [0, 0.1) is 6.92 Å². The van der Waals surface area contributed by atoms with Crippen molar-refractivity contribution in [2.24, 2.45) is 0 Å². The third-order valence-electron chi connectivity index (χ3n) is 2.32. The lowest BCUT2D eigenvalue weighted by Gasteiger charge is -1.96. The van der Waals surface area contributed by atoms with Crippen LogP contribution in [-0.4, -0.2) is 21.3 Å². The van der Waals surface area contributed by atoms with Gasteiger partial charge >= 0.3 is 5.97 Å². The number of aromatic nitrogens is 2. The first kappa shape index (κ1) is 10.4. The first-order valence-electron chi connectivity index (χ1n) is 4.98. The van der Waals surface area contributed by atoms with E-state index in [1.54, 1.807) is 6.07 Å². The van der Waals surface area contributed by atoms with Crippen molar-refractivity contribution in [1.82, 2.24) is 10.2 Å². The molecule has 0 atom stereocenters. The van der Waals surface area contributed by atoms with Crippen LogP contribution in [0.5, 0.6) is 0 Å². The maximum absolute atomic E-state index is 10.5. The molecule has 0 aliphatic carbocycles. The largest absolute Gasteiger partial charge is 0.481 e. The summed E-state index contributed by atoms with van der Waals surface area (Å²) in [5.41, 5.74) is 3.56. The van der Waals surface area contributed by atoms with Crippen LogP contribution < -0.4 is 0 Å². The predicted octanol–water partition coefficient (Wildman–Crippen LogP) is 2.01. The van der Waals surface area contributed by atoms with Crippen molar-refractivity contribution in [3.8, 4) is 11.3 Å². The second kappa shape index (κ2) is 4.18. The number of aromatic amines is 1. The highest BCUT2D eigenvalue weighted by atomic mass is 16.4. The molecular formula is C12H12N2O2. The first-order valence-corrected chi connectivity index (χ1v) is 4.98. The maximum atomic E-state index is 10.5. The summed E-state index contributed by atoms with van der Waals surface area (Å²) in [6.45, 7) is 2.02. The van der Waals surface area contributed by atoms with Gasteiger partial charge in [-0.1, -0.05) is 29.8 Å². The SMILES string of the molecule is Cc1ccc(-c2cc(CC(=O)O)[nH]n2)cc1. The molecule has 2 aromatic rings. The summed E-state index contributed by atoms with van der Waals surface area (Å²) in [5.74, 6) is -0.862. The van der Waals surface area contributed by atoms with Crippen LogP contribution in [-0.2, 0) is 11.2 Å². The minimum absolute atomic E-state index is 0.0289. The smallest absolute Gasteiger partial charge is 0.309 e. The van der Waals surface area contributed by atoms with Gasteiger partial charge in [0.25, 0.3) is 0 Å². The van der Waals surface area contributed by atoms with E-state index in [1.165, 1.54) is 5.56 Å². The Morgan fingerprint density at radius 3 is 2.69 bits per heavy atom. The Bertz CT molecular complexity index is 500. The van der Waals surface area contributed by atoms with E-state index in [1.807, 2.05) is 31.2 Å². The number of hydrogen-bond acceptors (Lipinski definition) is 2. The summed E-state index contributed by atoms with van der Waals surface area (Å²) in [5, 5.41) is 15.4. The van der Waals surface area contributed by atoms with Crippen LogP contribution in [0.3, 0.4) is 0 Å². The van der Waals surface area contributed by atoms with Gasteiger partial charge in [-0.2, -0.15) is 5.10 Å². The van der Waals surface area contributed by atoms with Gasteiger partial charge in [0.1, 0.15) is 0 Å². The van der Waals surface area contributed by atoms with E-state index in [4.69, 9.17) is 5.11 Å². The Morgan fingerprint density at radius 2 is 2.06 bits per heavy atom. The second-order valence-corrected chi connectivity index (χ2v) is 3.71. The number of carboxylic acids is 1. The summed E-state index contributed by atoms with van der Waals surface area (Å²) in [7, 11) is 0. The molecule has 0 saturated heterocycles. The van der Waals surface area contributed by atoms with E-state index >= 15 is 0 Å². The standard InChI is InChI=1S/C12H12N2O2/c1-8-2-4-9(5-3-8)11-6-10(13-14-11)7-12(15)16/h2-6H,7H2,1H3,(H,13,14)(H,15,16). The van der Waals surface area contributed by atoms with Gasteiger partial charge in [-0.3, -0.25) is 9.89 Å². The van der Waals surface area contributed by atoms with Gasteiger partial charge in [0.05, 0.1) is 12.1 Å². The molecule has 0 radical (unpaired) electrons. The average Bonchev–Trinajstić information content (AvgIpc) is 2.66. The fourth-order valence-electron chi connectivity index (χ4n) is 1.49. The van der Waals surface area contributed by atoms with Crippen molar-refractivity contribution in [1.29, 1.82) is 0 Å². The summed E-state index contributed by atoms with van der Waals surface area (Å²) in [6.07, 6.45) is -0.0289. The van der Waals surface area contributed by atoms with Gasteiger partial charge in [0, 0.05) is 11.3 Å². The Morgan fingerprint density at radius 1 is 1.38 bits per heavy atom. The van der Waals surface area contributed by atoms with Crippen LogP contribution >= 0.6 is 0 Å². The molecule has 0 fully saturated rings. The van der Waals surface area contributed by atoms with Gasteiger partial charge in [0.15, 0.2) is 0 Å². The Hall–Kier alpha value is -2.10. The molecule has 1 heterocycles. The quantitative estimate of drug-likeness (QED) is 0.824. The van der Waals surface area contributed by atoms with Crippen LogP contribution in [0.1, 0.15) is 11.3 Å². The van der Waals surface area contributed by atoms with Crippen LogP contribution in [0.25, 0.3) is 11.3 Å². The number of hydrogen-bond donors (Lipinski definition) is 2. The normalized spacial score (nSPS) is 10.3. The molecule has 1 aromatic carbocycles. The Labute approximate surface area is 92.9 Å². The van der Waals surface area contributed by atoms with Gasteiger partial charge in [-0.25, -0.2) is 0 Å². The molecule has 0 saturated carbocycles. The van der Waals surface area contributed by atoms with Crippen LogP contribution in [0.4, 0.5) is 0 Å². The van der Waals surface area contributed by atoms with E-state index in [-0.39, 0.29) is 6.42 Å². The summed E-state index contributed by atoms with van der Waals surface area (Å²) in [4.78, 5) is 10.5. The fourth-order valence-corrected chi connectivity index (χ4v) is 1.49. The molecule has 4 heteroatoms. The predicted molar refractivity (Wildman–Crippen MR) is 60.1 cm³/mol. The Balaban J connectivity index is 2.24. The number of benzene rings is 1. The molecule has 0 aliphatic heterocycles. The lowest BCUT2D eigenvalue weighted by atomic mass is 10.1. The molecule has 0 bridgehead atoms. The number of aryl methyl sites for hydroxylation is 1. The monoisotopic (exact) mass is 216 g/mol. The summed E-state index contributed by atoms with van der Waals surface area (Å²) >= 11 is 0. The van der Waals surface area contributed by atoms with E-state index in [0.717, 1.165) is 11.3 Å². The number of nitrogens with one attached hydrogen (secondary N) is 1. The van der Waals surface area contributed by atoms with Crippen LogP contribution in [0.15, 0.2) is 30.3 Å². The van der Waals surface area contributed by atoms with E-state index in [0.29, 0.717) is 5.69 Å². The van der Waals surface area contributed by atoms with E-state index < -0.39 is 5.97 Å². The molecule has 4 nitrogen and oxygen atoms in total. The van der Waals surface area contributed by atoms with Crippen molar-refractivity contribution in [2.45, 2.75) is 13.3 Å². The number of nitrogens with zero attached hydrogens (tertiary/aromatic N) is 1. The van der Waals surface area contributed by atoms with E-state index in [9.17, 15) is 4.79 Å². The number of carboxylic acid groups (broad SMARTS) is 1. The number of carbonyl (C=O) groups is 1. The van der Waals surface area contributed by atoms with Crippen molar-refractivity contribution in [2.75, 3.05) is 0 Å². The molecule has 0 unspecified atom stereocenters. The Kier molecular flexibility index (Phi) is 2.72. The first-order chi connectivity index (χ1) is 7.65. The zero-order valence-corrected chi connectivity index (χ0v) is 8.90. The molecule has 0 spiro atoms. The van der Waals surface area contributed by atoms with Gasteiger partial charge in [-0.05, 0) is 13.0 Å². The molecule has 0 amide bonds. The van der Waals surface area contributed by atoms with Crippen molar-refractivity contribution in [3.63, 3.8) is 0 Å². The van der Waals surface area contributed by atoms with Crippen molar-refractivity contribution >= 4 is 5.97 Å². The highest BCUT2D eigenvalue weighted by molar-refractivity contribution is 5.70. The van der Waals surface area contributed by atoms with Gasteiger partial charge in [0.2, 0.25) is 0 Å². The van der Waals surface area contributed by atoms with Gasteiger partial charge < -0.3 is 5.11 Å². The minimum atomic E-state index is -0.862. The molecule has 16 heavy (non-hydrogen) atoms. The van der Waals surface area contributed by atoms with Crippen LogP contribution in [0.2, 0.25) is 0 Å². The zero-order chi connectivity index (χ0) is 11.5. The lowest BCUT2D eigenvalue weighted by molar-refractivity contribution is -0.136. The summed E-state index contributed by atoms with van der Waals surface area (Å²) in [6, 6.07) is 9.70. The third kappa shape index (κ3) is 2.28. The lowest BCUT2D eigenvalue weighted by Crippen LogP contribution is -1.99. The zero-order valence-electron chi connectivity index (χ0n) is 8.90. The maximum Gasteiger partial charge on any atom is 0.309 e. The molecule has 82 valence electrons. The van der Waals surface area contributed by atoms with Gasteiger partial charge in [-0.15, -0.1) is 0 Å². The van der Waals surface area contributed by atoms with Crippen molar-refractivity contribution in [3.05, 3.63) is 41.6 Å².